The van der Waals surface area contributed by atoms with Crippen molar-refractivity contribution in [1.82, 2.24) is 5.32 Å². The minimum atomic E-state index is -0.591. The first-order valence-corrected chi connectivity index (χ1v) is 6.20. The minimum absolute atomic E-state index is 0.0757. The van der Waals surface area contributed by atoms with Crippen molar-refractivity contribution in [2.45, 2.75) is 0 Å². The highest BCUT2D eigenvalue weighted by Crippen LogP contribution is 2.14. The summed E-state index contributed by atoms with van der Waals surface area (Å²) in [7, 11) is 0. The van der Waals surface area contributed by atoms with E-state index in [2.05, 4.69) is 39.2 Å². The van der Waals surface area contributed by atoms with Crippen LogP contribution < -0.4 is 10.1 Å². The predicted octanol–water partition coefficient (Wildman–Crippen LogP) is 2.11. The number of esters is 1. The van der Waals surface area contributed by atoms with Crippen LogP contribution in [0.4, 0.5) is 4.79 Å². The molecule has 0 saturated heterocycles. The lowest BCUT2D eigenvalue weighted by atomic mass is 10.3. The molecule has 18 heavy (non-hydrogen) atoms. The highest BCUT2D eigenvalue weighted by molar-refractivity contribution is 14.1. The molecule has 0 heterocycles. The molecule has 1 N–H and O–H groups in total. The van der Waals surface area contributed by atoms with Crippen molar-refractivity contribution in [3.05, 3.63) is 40.5 Å². The Morgan fingerprint density at radius 3 is 2.89 bits per heavy atom. The van der Waals surface area contributed by atoms with Gasteiger partial charge in [0.05, 0.1) is 6.54 Å². The maximum absolute atomic E-state index is 11.3. The molecule has 0 fully saturated rings. The molecule has 0 unspecified atom stereocenters. The van der Waals surface area contributed by atoms with E-state index in [1.54, 1.807) is 18.2 Å². The summed E-state index contributed by atoms with van der Waals surface area (Å²) in [6.45, 7) is 3.51. The highest BCUT2D eigenvalue weighted by atomic mass is 127. The molecule has 0 radical (unpaired) electrons. The second kappa shape index (κ2) is 7.70. The first-order valence-electron chi connectivity index (χ1n) is 5.12. The van der Waals surface area contributed by atoms with Crippen molar-refractivity contribution in [2.75, 3.05) is 13.2 Å². The number of hydrogen-bond donors (Lipinski definition) is 1. The van der Waals surface area contributed by atoms with Crippen LogP contribution in [0.5, 0.6) is 5.75 Å². The normalized spacial score (nSPS) is 9.39. The molecule has 0 atom stereocenters. The molecule has 1 rings (SSSR count). The Morgan fingerprint density at radius 2 is 2.22 bits per heavy atom. The van der Waals surface area contributed by atoms with Crippen molar-refractivity contribution >= 4 is 34.7 Å². The maximum Gasteiger partial charge on any atom is 0.412 e. The lowest BCUT2D eigenvalue weighted by molar-refractivity contribution is -0.137. The summed E-state index contributed by atoms with van der Waals surface area (Å²) in [6, 6.07) is 7.09. The van der Waals surface area contributed by atoms with E-state index in [0.717, 1.165) is 9.65 Å². The van der Waals surface area contributed by atoms with E-state index in [9.17, 15) is 9.59 Å². The van der Waals surface area contributed by atoms with Gasteiger partial charge < -0.3 is 14.8 Å². The number of ether oxygens (including phenoxy) is 2. The van der Waals surface area contributed by atoms with E-state index in [4.69, 9.17) is 4.74 Å². The van der Waals surface area contributed by atoms with Gasteiger partial charge in [-0.15, -0.1) is 0 Å². The summed E-state index contributed by atoms with van der Waals surface area (Å²) in [5.74, 6) is -0.0646. The van der Waals surface area contributed by atoms with Crippen LogP contribution in [0, 0.1) is 3.57 Å². The first kappa shape index (κ1) is 14.5. The fourth-order valence-electron chi connectivity index (χ4n) is 1.04. The number of amides is 1. The van der Waals surface area contributed by atoms with Crippen molar-refractivity contribution < 1.29 is 19.1 Å². The van der Waals surface area contributed by atoms with Crippen LogP contribution in [0.25, 0.3) is 0 Å². The molecule has 0 spiro atoms. The Bertz CT molecular complexity index is 447. The van der Waals surface area contributed by atoms with Crippen molar-refractivity contribution in [1.29, 1.82) is 0 Å². The first-order chi connectivity index (χ1) is 8.61. The molecular formula is C12H12INO4. The summed E-state index contributed by atoms with van der Waals surface area (Å²) in [6.07, 6.45) is 0.469. The Balaban J connectivity index is 2.26. The van der Waals surface area contributed by atoms with Crippen LogP contribution in [0.2, 0.25) is 0 Å². The van der Waals surface area contributed by atoms with Crippen LogP contribution in [-0.4, -0.2) is 25.2 Å². The zero-order chi connectivity index (χ0) is 13.4. The average molecular weight is 361 g/mol. The summed E-state index contributed by atoms with van der Waals surface area (Å²) < 4.78 is 10.7. The van der Waals surface area contributed by atoms with Gasteiger partial charge in [-0.05, 0) is 40.8 Å². The summed E-state index contributed by atoms with van der Waals surface area (Å²) >= 11 is 2.12. The van der Waals surface area contributed by atoms with Crippen molar-refractivity contribution in [3.8, 4) is 5.75 Å². The van der Waals surface area contributed by atoms with Gasteiger partial charge in [-0.3, -0.25) is 0 Å². The van der Waals surface area contributed by atoms with E-state index in [1.165, 1.54) is 0 Å². The third kappa shape index (κ3) is 5.67. The van der Waals surface area contributed by atoms with Crippen LogP contribution in [0.3, 0.4) is 0 Å². The highest BCUT2D eigenvalue weighted by Gasteiger charge is 2.04. The molecule has 1 aromatic rings. The van der Waals surface area contributed by atoms with Gasteiger partial charge >= 0.3 is 12.1 Å². The molecule has 0 aliphatic rings. The lowest BCUT2D eigenvalue weighted by Crippen LogP contribution is -2.30. The van der Waals surface area contributed by atoms with E-state index in [1.807, 2.05) is 6.07 Å². The number of rotatable bonds is 5. The molecule has 96 valence electrons. The molecule has 1 amide bonds. The standard InChI is InChI=1S/C12H12INO4/c1-2-11(15)17-7-6-14-12(16)18-10-5-3-4-9(13)8-10/h2-5,8H,1,6-7H2,(H,14,16). The summed E-state index contributed by atoms with van der Waals surface area (Å²) in [5.41, 5.74) is 0. The van der Waals surface area contributed by atoms with Gasteiger partial charge in [0, 0.05) is 9.65 Å². The Labute approximate surface area is 118 Å². The van der Waals surface area contributed by atoms with Crippen molar-refractivity contribution in [2.24, 2.45) is 0 Å². The zero-order valence-corrected chi connectivity index (χ0v) is 11.7. The van der Waals surface area contributed by atoms with Gasteiger partial charge in [0.1, 0.15) is 12.4 Å². The van der Waals surface area contributed by atoms with Crippen LogP contribution in [-0.2, 0) is 9.53 Å². The number of halogens is 1. The Morgan fingerprint density at radius 1 is 1.44 bits per heavy atom. The molecule has 0 bridgehead atoms. The lowest BCUT2D eigenvalue weighted by Gasteiger charge is -2.06. The maximum atomic E-state index is 11.3. The van der Waals surface area contributed by atoms with E-state index in [0.29, 0.717) is 5.75 Å². The molecular weight excluding hydrogens is 349 g/mol. The fraction of sp³-hybridized carbons (Fsp3) is 0.167. The Hall–Kier alpha value is -1.57. The zero-order valence-electron chi connectivity index (χ0n) is 9.52. The molecule has 0 saturated carbocycles. The van der Waals surface area contributed by atoms with Crippen LogP contribution in [0.1, 0.15) is 0 Å². The molecule has 0 aliphatic heterocycles. The number of benzene rings is 1. The van der Waals surface area contributed by atoms with Gasteiger partial charge in [0.25, 0.3) is 0 Å². The van der Waals surface area contributed by atoms with E-state index < -0.39 is 12.1 Å². The number of nitrogens with one attached hydrogen (secondary N) is 1. The third-order valence-corrected chi connectivity index (χ3v) is 2.46. The van der Waals surface area contributed by atoms with Gasteiger partial charge in [-0.25, -0.2) is 9.59 Å². The van der Waals surface area contributed by atoms with E-state index in [-0.39, 0.29) is 13.2 Å². The fourth-order valence-corrected chi connectivity index (χ4v) is 1.55. The molecule has 0 aromatic heterocycles. The second-order valence-electron chi connectivity index (χ2n) is 3.15. The summed E-state index contributed by atoms with van der Waals surface area (Å²) in [5, 5.41) is 2.45. The molecule has 0 aliphatic carbocycles. The number of carbonyl (C=O) groups is 2. The largest absolute Gasteiger partial charge is 0.461 e. The average Bonchev–Trinajstić information content (AvgIpc) is 2.34. The van der Waals surface area contributed by atoms with Crippen LogP contribution in [0.15, 0.2) is 36.9 Å². The van der Waals surface area contributed by atoms with Crippen LogP contribution >= 0.6 is 22.6 Å². The Kier molecular flexibility index (Phi) is 6.20. The molecule has 1 aromatic carbocycles. The second-order valence-corrected chi connectivity index (χ2v) is 4.39. The van der Waals surface area contributed by atoms with Gasteiger partial charge in [-0.1, -0.05) is 12.6 Å². The SMILES string of the molecule is C=CC(=O)OCCNC(=O)Oc1cccc(I)c1. The third-order valence-electron chi connectivity index (χ3n) is 1.79. The van der Waals surface area contributed by atoms with Gasteiger partial charge in [0.15, 0.2) is 0 Å². The number of carbonyl (C=O) groups excluding carboxylic acids is 2. The minimum Gasteiger partial charge on any atom is -0.461 e. The van der Waals surface area contributed by atoms with Gasteiger partial charge in [-0.2, -0.15) is 0 Å². The van der Waals surface area contributed by atoms with Crippen molar-refractivity contribution in [3.63, 3.8) is 0 Å². The summed E-state index contributed by atoms with van der Waals surface area (Å²) in [4.78, 5) is 22.0. The smallest absolute Gasteiger partial charge is 0.412 e. The quantitative estimate of drug-likeness (QED) is 0.378. The number of hydrogen-bond acceptors (Lipinski definition) is 4. The topological polar surface area (TPSA) is 64.6 Å². The monoisotopic (exact) mass is 361 g/mol. The molecule has 6 heteroatoms. The predicted molar refractivity (Wildman–Crippen MR) is 74.3 cm³/mol. The molecule has 5 nitrogen and oxygen atoms in total. The van der Waals surface area contributed by atoms with E-state index >= 15 is 0 Å². The van der Waals surface area contributed by atoms with Gasteiger partial charge in [0.2, 0.25) is 0 Å².